The van der Waals surface area contributed by atoms with Crippen LogP contribution in [-0.4, -0.2) is 55.2 Å². The molecule has 0 aromatic rings. The molecule has 1 aliphatic rings. The second-order valence-electron chi connectivity index (χ2n) is 4.27. The Bertz CT molecular complexity index is 179. The molecule has 0 N–H and O–H groups in total. The molecule has 1 heterocycles. The van der Waals surface area contributed by atoms with E-state index < -0.39 is 8.80 Å². The van der Waals surface area contributed by atoms with E-state index in [2.05, 4.69) is 11.9 Å². The van der Waals surface area contributed by atoms with Crippen LogP contribution in [0.5, 0.6) is 0 Å². The van der Waals surface area contributed by atoms with Crippen molar-refractivity contribution >= 4 is 8.80 Å². The van der Waals surface area contributed by atoms with Crippen molar-refractivity contribution in [1.82, 2.24) is 4.90 Å². The maximum atomic E-state index is 5.45. The van der Waals surface area contributed by atoms with Crippen molar-refractivity contribution < 1.29 is 13.3 Å². The largest absolute Gasteiger partial charge is 0.500 e. The third-order valence-electron chi connectivity index (χ3n) is 3.19. The van der Waals surface area contributed by atoms with E-state index >= 15 is 0 Å². The van der Waals surface area contributed by atoms with Crippen molar-refractivity contribution in [2.24, 2.45) is 5.92 Å². The minimum atomic E-state index is -2.36. The highest BCUT2D eigenvalue weighted by molar-refractivity contribution is 6.60. The molecule has 4 nitrogen and oxygen atoms in total. The van der Waals surface area contributed by atoms with Gasteiger partial charge in [0.1, 0.15) is 0 Å². The Morgan fingerprint density at radius 1 is 1.20 bits per heavy atom. The number of nitrogens with zero attached hydrogens (tertiary/aromatic N) is 1. The lowest BCUT2D eigenvalue weighted by atomic mass is 10.0. The van der Waals surface area contributed by atoms with Crippen LogP contribution in [-0.2, 0) is 13.3 Å². The Labute approximate surface area is 93.9 Å². The molecule has 1 saturated heterocycles. The van der Waals surface area contributed by atoms with Crippen molar-refractivity contribution in [3.05, 3.63) is 0 Å². The molecule has 15 heavy (non-hydrogen) atoms. The molecule has 0 aromatic heterocycles. The summed E-state index contributed by atoms with van der Waals surface area (Å²) < 4.78 is 16.4. The monoisotopic (exact) mass is 233 g/mol. The first-order valence-corrected chi connectivity index (χ1v) is 7.43. The molecular formula is C10H23NO3Si. The Hall–Kier alpha value is 0.0569. The van der Waals surface area contributed by atoms with E-state index in [0.717, 1.165) is 12.6 Å². The number of hydrogen-bond donors (Lipinski definition) is 0. The van der Waals surface area contributed by atoms with Gasteiger partial charge in [0.15, 0.2) is 0 Å². The molecule has 5 heteroatoms. The topological polar surface area (TPSA) is 30.9 Å². The number of likely N-dealkylation sites (tertiary alicyclic amines) is 1. The van der Waals surface area contributed by atoms with Crippen LogP contribution in [0.15, 0.2) is 0 Å². The van der Waals surface area contributed by atoms with Gasteiger partial charge in [-0.15, -0.1) is 0 Å². The highest BCUT2D eigenvalue weighted by atomic mass is 28.4. The number of hydrogen-bond acceptors (Lipinski definition) is 4. The molecule has 1 rings (SSSR count). The van der Waals surface area contributed by atoms with Crippen LogP contribution in [0.1, 0.15) is 12.8 Å². The standard InChI is InChI=1S/C10H23NO3Si/c1-11-7-5-6-10(8-11)9-15(12-2,13-3)14-4/h10H,5-9H2,1-4H3. The van der Waals surface area contributed by atoms with Crippen LogP contribution in [0, 0.1) is 5.92 Å². The van der Waals surface area contributed by atoms with Gasteiger partial charge in [0, 0.05) is 33.9 Å². The predicted molar refractivity (Wildman–Crippen MR) is 61.8 cm³/mol. The Morgan fingerprint density at radius 3 is 2.27 bits per heavy atom. The molecule has 0 radical (unpaired) electrons. The molecule has 0 bridgehead atoms. The lowest BCUT2D eigenvalue weighted by molar-refractivity contribution is 0.109. The van der Waals surface area contributed by atoms with E-state index in [9.17, 15) is 0 Å². The first-order chi connectivity index (χ1) is 7.15. The third kappa shape index (κ3) is 3.53. The zero-order chi connectivity index (χ0) is 11.3. The maximum absolute atomic E-state index is 5.45. The van der Waals surface area contributed by atoms with E-state index in [-0.39, 0.29) is 0 Å². The Balaban J connectivity index is 2.49. The van der Waals surface area contributed by atoms with Gasteiger partial charge in [-0.1, -0.05) is 0 Å². The Morgan fingerprint density at radius 2 is 1.80 bits per heavy atom. The summed E-state index contributed by atoms with van der Waals surface area (Å²) in [6.07, 6.45) is 2.53. The molecule has 1 unspecified atom stereocenters. The second-order valence-corrected chi connectivity index (χ2v) is 7.27. The van der Waals surface area contributed by atoms with Crippen molar-refractivity contribution in [3.8, 4) is 0 Å². The summed E-state index contributed by atoms with van der Waals surface area (Å²) >= 11 is 0. The fourth-order valence-corrected chi connectivity index (χ4v) is 4.33. The van der Waals surface area contributed by atoms with Crippen LogP contribution in [0.2, 0.25) is 6.04 Å². The molecule has 0 amide bonds. The minimum Gasteiger partial charge on any atom is -0.377 e. The van der Waals surface area contributed by atoms with Crippen molar-refractivity contribution in [1.29, 1.82) is 0 Å². The van der Waals surface area contributed by atoms with Crippen LogP contribution in [0.25, 0.3) is 0 Å². The van der Waals surface area contributed by atoms with E-state index in [1.807, 2.05) is 0 Å². The summed E-state index contributed by atoms with van der Waals surface area (Å²) in [7, 11) is 4.87. The smallest absolute Gasteiger partial charge is 0.377 e. The second kappa shape index (κ2) is 5.96. The van der Waals surface area contributed by atoms with Gasteiger partial charge in [0.25, 0.3) is 0 Å². The molecule has 1 aliphatic heterocycles. The molecule has 0 aromatic carbocycles. The molecule has 1 atom stereocenters. The fraction of sp³-hybridized carbons (Fsp3) is 1.00. The maximum Gasteiger partial charge on any atom is 0.500 e. The molecule has 0 spiro atoms. The van der Waals surface area contributed by atoms with Crippen molar-refractivity contribution in [3.63, 3.8) is 0 Å². The lowest BCUT2D eigenvalue weighted by Gasteiger charge is -2.34. The summed E-state index contributed by atoms with van der Waals surface area (Å²) in [6, 6.07) is 0.931. The normalized spacial score (nSPS) is 24.4. The van der Waals surface area contributed by atoms with E-state index in [4.69, 9.17) is 13.3 Å². The fourth-order valence-electron chi connectivity index (χ4n) is 2.29. The average Bonchev–Trinajstić information content (AvgIpc) is 2.26. The van der Waals surface area contributed by atoms with Gasteiger partial charge in [-0.2, -0.15) is 0 Å². The predicted octanol–water partition coefficient (Wildman–Crippen LogP) is 1.21. The summed E-state index contributed by atoms with van der Waals surface area (Å²) in [4.78, 5) is 2.37. The van der Waals surface area contributed by atoms with Gasteiger partial charge < -0.3 is 18.2 Å². The number of rotatable bonds is 5. The van der Waals surface area contributed by atoms with E-state index in [0.29, 0.717) is 5.92 Å². The quantitative estimate of drug-likeness (QED) is 0.668. The number of piperidine rings is 1. The first kappa shape index (κ1) is 13.1. The SMILES string of the molecule is CO[Si](CC1CCCN(C)C1)(OC)OC. The van der Waals surface area contributed by atoms with Gasteiger partial charge in [0.05, 0.1) is 0 Å². The molecule has 90 valence electrons. The van der Waals surface area contributed by atoms with Gasteiger partial charge in [-0.3, -0.25) is 0 Å². The third-order valence-corrected chi connectivity index (χ3v) is 6.14. The molecule has 1 fully saturated rings. The van der Waals surface area contributed by atoms with Crippen LogP contribution in [0.4, 0.5) is 0 Å². The van der Waals surface area contributed by atoms with E-state index in [1.54, 1.807) is 21.3 Å². The van der Waals surface area contributed by atoms with Crippen molar-refractivity contribution in [2.75, 3.05) is 41.5 Å². The molecule has 0 saturated carbocycles. The van der Waals surface area contributed by atoms with Gasteiger partial charge >= 0.3 is 8.80 Å². The zero-order valence-electron chi connectivity index (χ0n) is 10.3. The molecular weight excluding hydrogens is 210 g/mol. The highest BCUT2D eigenvalue weighted by Crippen LogP contribution is 2.26. The summed E-state index contributed by atoms with van der Waals surface area (Å²) in [5, 5.41) is 0. The molecule has 0 aliphatic carbocycles. The highest BCUT2D eigenvalue weighted by Gasteiger charge is 2.41. The summed E-state index contributed by atoms with van der Waals surface area (Å²) in [5.41, 5.74) is 0. The van der Waals surface area contributed by atoms with Crippen LogP contribution >= 0.6 is 0 Å². The van der Waals surface area contributed by atoms with Gasteiger partial charge in [-0.05, 0) is 32.4 Å². The van der Waals surface area contributed by atoms with Crippen molar-refractivity contribution in [2.45, 2.75) is 18.9 Å². The van der Waals surface area contributed by atoms with Crippen LogP contribution in [0.3, 0.4) is 0 Å². The zero-order valence-corrected chi connectivity index (χ0v) is 11.3. The Kier molecular flexibility index (Phi) is 5.21. The minimum absolute atomic E-state index is 0.648. The summed E-state index contributed by atoms with van der Waals surface area (Å²) in [6.45, 7) is 2.34. The van der Waals surface area contributed by atoms with Gasteiger partial charge in [0.2, 0.25) is 0 Å². The lowest BCUT2D eigenvalue weighted by Crippen LogP contribution is -2.46. The van der Waals surface area contributed by atoms with E-state index in [1.165, 1.54) is 19.4 Å². The summed E-state index contributed by atoms with van der Waals surface area (Å²) in [5.74, 6) is 0.648. The average molecular weight is 233 g/mol. The first-order valence-electron chi connectivity index (χ1n) is 5.50. The van der Waals surface area contributed by atoms with Gasteiger partial charge in [-0.25, -0.2) is 0 Å². The van der Waals surface area contributed by atoms with Crippen LogP contribution < -0.4 is 0 Å².